The lowest BCUT2D eigenvalue weighted by atomic mass is 10.1. The molecule has 5 nitrogen and oxygen atoms in total. The highest BCUT2D eigenvalue weighted by Crippen LogP contribution is 2.25. The van der Waals surface area contributed by atoms with Crippen LogP contribution in [0, 0.1) is 20.8 Å². The van der Waals surface area contributed by atoms with Crippen LogP contribution in [0.5, 0.6) is 0 Å². The van der Waals surface area contributed by atoms with Gasteiger partial charge >= 0.3 is 0 Å². The zero-order chi connectivity index (χ0) is 19.3. The van der Waals surface area contributed by atoms with E-state index in [1.165, 1.54) is 10.6 Å². The van der Waals surface area contributed by atoms with Crippen molar-refractivity contribution in [3.05, 3.63) is 59.2 Å². The first kappa shape index (κ1) is 20.0. The molecule has 1 amide bonds. The largest absolute Gasteiger partial charge is 0.326 e. The van der Waals surface area contributed by atoms with Crippen LogP contribution < -0.4 is 9.62 Å². The molecule has 140 valence electrons. The van der Waals surface area contributed by atoms with E-state index in [4.69, 9.17) is 0 Å². The summed E-state index contributed by atoms with van der Waals surface area (Å²) in [5.74, 6) is -0.120. The molecule has 0 aliphatic carbocycles. The maximum atomic E-state index is 12.2. The third-order valence-electron chi connectivity index (χ3n) is 4.31. The maximum absolute atomic E-state index is 12.2. The quantitative estimate of drug-likeness (QED) is 0.802. The highest BCUT2D eigenvalue weighted by atomic mass is 32.2. The fraction of sp³-hybridized carbons (Fsp3) is 0.350. The second-order valence-corrected chi connectivity index (χ2v) is 8.48. The number of hydrogen-bond acceptors (Lipinski definition) is 3. The molecule has 0 saturated heterocycles. The van der Waals surface area contributed by atoms with Crippen molar-refractivity contribution in [3.63, 3.8) is 0 Å². The molecule has 0 bridgehead atoms. The predicted molar refractivity (Wildman–Crippen MR) is 107 cm³/mol. The van der Waals surface area contributed by atoms with E-state index in [1.807, 2.05) is 57.2 Å². The maximum Gasteiger partial charge on any atom is 0.232 e. The van der Waals surface area contributed by atoms with Gasteiger partial charge in [0.25, 0.3) is 0 Å². The van der Waals surface area contributed by atoms with Gasteiger partial charge in [0.05, 0.1) is 11.9 Å². The Morgan fingerprint density at radius 1 is 1.08 bits per heavy atom. The van der Waals surface area contributed by atoms with Gasteiger partial charge in [-0.25, -0.2) is 8.42 Å². The average molecular weight is 375 g/mol. The summed E-state index contributed by atoms with van der Waals surface area (Å²) in [4.78, 5) is 12.1. The molecule has 26 heavy (non-hydrogen) atoms. The lowest BCUT2D eigenvalue weighted by Crippen LogP contribution is -2.32. The van der Waals surface area contributed by atoms with E-state index in [0.717, 1.165) is 22.4 Å². The minimum atomic E-state index is -3.42. The van der Waals surface area contributed by atoms with Crippen LogP contribution in [0.3, 0.4) is 0 Å². The van der Waals surface area contributed by atoms with Gasteiger partial charge in [0, 0.05) is 18.7 Å². The number of hydrogen-bond donors (Lipinski definition) is 1. The van der Waals surface area contributed by atoms with Gasteiger partial charge in [0.2, 0.25) is 15.9 Å². The van der Waals surface area contributed by atoms with Gasteiger partial charge in [-0.3, -0.25) is 9.10 Å². The standard InChI is InChI=1S/C20H26N2O3S/c1-15-8-5-10-18(14-15)21-20(23)12-7-13-22(26(4,24)25)19-11-6-9-16(2)17(19)3/h5-6,8-11,14H,7,12-13H2,1-4H3,(H,21,23). The van der Waals surface area contributed by atoms with Crippen LogP contribution in [-0.2, 0) is 14.8 Å². The number of rotatable bonds is 7. The lowest BCUT2D eigenvalue weighted by molar-refractivity contribution is -0.116. The van der Waals surface area contributed by atoms with Gasteiger partial charge in [-0.15, -0.1) is 0 Å². The SMILES string of the molecule is Cc1cccc(NC(=O)CCCN(c2cccc(C)c2C)S(C)(=O)=O)c1. The summed E-state index contributed by atoms with van der Waals surface area (Å²) in [5.41, 5.74) is 4.47. The number of nitrogens with one attached hydrogen (secondary N) is 1. The first-order valence-electron chi connectivity index (χ1n) is 8.59. The number of carbonyl (C=O) groups excluding carboxylic acids is 1. The lowest BCUT2D eigenvalue weighted by Gasteiger charge is -2.24. The number of amides is 1. The van der Waals surface area contributed by atoms with E-state index in [1.54, 1.807) is 6.07 Å². The molecule has 2 aromatic rings. The van der Waals surface area contributed by atoms with Gasteiger partial charge in [-0.05, 0) is 62.1 Å². The fourth-order valence-corrected chi connectivity index (χ4v) is 3.82. The van der Waals surface area contributed by atoms with Crippen LogP contribution in [0.25, 0.3) is 0 Å². The normalized spacial score (nSPS) is 11.2. The molecule has 0 saturated carbocycles. The molecule has 0 unspecified atom stereocenters. The van der Waals surface area contributed by atoms with E-state index in [9.17, 15) is 13.2 Å². The first-order valence-corrected chi connectivity index (χ1v) is 10.4. The van der Waals surface area contributed by atoms with Gasteiger partial charge in [0.15, 0.2) is 0 Å². The molecule has 2 aromatic carbocycles. The van der Waals surface area contributed by atoms with Gasteiger partial charge in [-0.2, -0.15) is 0 Å². The van der Waals surface area contributed by atoms with Crippen LogP contribution in [0.2, 0.25) is 0 Å². The van der Waals surface area contributed by atoms with Crippen molar-refractivity contribution in [2.24, 2.45) is 0 Å². The second-order valence-electron chi connectivity index (χ2n) is 6.58. The van der Waals surface area contributed by atoms with Crippen molar-refractivity contribution in [2.75, 3.05) is 22.4 Å². The Balaban J connectivity index is 2.02. The number of aryl methyl sites for hydroxylation is 2. The van der Waals surface area contributed by atoms with Gasteiger partial charge in [0.1, 0.15) is 0 Å². The molecule has 0 radical (unpaired) electrons. The summed E-state index contributed by atoms with van der Waals surface area (Å²) >= 11 is 0. The molecule has 1 N–H and O–H groups in total. The summed E-state index contributed by atoms with van der Waals surface area (Å²) < 4.78 is 25.8. The highest BCUT2D eigenvalue weighted by Gasteiger charge is 2.19. The van der Waals surface area contributed by atoms with E-state index in [2.05, 4.69) is 5.32 Å². The summed E-state index contributed by atoms with van der Waals surface area (Å²) in [6, 6.07) is 13.2. The smallest absolute Gasteiger partial charge is 0.232 e. The van der Waals surface area contributed by atoms with Crippen LogP contribution in [0.1, 0.15) is 29.5 Å². The molecule has 0 aliphatic heterocycles. The van der Waals surface area contributed by atoms with Crippen molar-refractivity contribution >= 4 is 27.3 Å². The third-order valence-corrected chi connectivity index (χ3v) is 5.49. The summed E-state index contributed by atoms with van der Waals surface area (Å²) in [7, 11) is -3.42. The molecule has 0 spiro atoms. The minimum absolute atomic E-state index is 0.120. The molecule has 0 aliphatic rings. The van der Waals surface area contributed by atoms with Crippen LogP contribution in [0.4, 0.5) is 11.4 Å². The van der Waals surface area contributed by atoms with E-state index in [-0.39, 0.29) is 18.9 Å². The first-order chi connectivity index (χ1) is 12.2. The van der Waals surface area contributed by atoms with Crippen LogP contribution in [0.15, 0.2) is 42.5 Å². The van der Waals surface area contributed by atoms with Gasteiger partial charge in [-0.1, -0.05) is 24.3 Å². The number of benzene rings is 2. The molecule has 6 heteroatoms. The number of nitrogens with zero attached hydrogens (tertiary/aromatic N) is 1. The Bertz CT molecular complexity index is 892. The summed E-state index contributed by atoms with van der Waals surface area (Å²) in [5, 5.41) is 2.85. The Morgan fingerprint density at radius 3 is 2.42 bits per heavy atom. The Labute approximate surface area is 156 Å². The predicted octanol–water partition coefficient (Wildman–Crippen LogP) is 3.80. The molecular formula is C20H26N2O3S. The second kappa shape index (κ2) is 8.36. The van der Waals surface area contributed by atoms with E-state index in [0.29, 0.717) is 12.1 Å². The zero-order valence-corrected chi connectivity index (χ0v) is 16.6. The molecule has 0 heterocycles. The van der Waals surface area contributed by atoms with E-state index < -0.39 is 10.0 Å². The number of carbonyl (C=O) groups is 1. The van der Waals surface area contributed by atoms with Crippen molar-refractivity contribution in [2.45, 2.75) is 33.6 Å². The fourth-order valence-electron chi connectivity index (χ4n) is 2.80. The van der Waals surface area contributed by atoms with Crippen molar-refractivity contribution in [1.29, 1.82) is 0 Å². The topological polar surface area (TPSA) is 66.5 Å². The minimum Gasteiger partial charge on any atom is -0.326 e. The Morgan fingerprint density at radius 2 is 1.77 bits per heavy atom. The summed E-state index contributed by atoms with van der Waals surface area (Å²) in [6.07, 6.45) is 1.89. The van der Waals surface area contributed by atoms with E-state index >= 15 is 0 Å². The van der Waals surface area contributed by atoms with Gasteiger partial charge < -0.3 is 5.32 Å². The molecule has 0 fully saturated rings. The number of sulfonamides is 1. The third kappa shape index (κ3) is 5.33. The van der Waals surface area contributed by atoms with Crippen LogP contribution in [-0.4, -0.2) is 27.1 Å². The number of anilines is 2. The highest BCUT2D eigenvalue weighted by molar-refractivity contribution is 7.92. The van der Waals surface area contributed by atoms with Crippen LogP contribution >= 0.6 is 0 Å². The van der Waals surface area contributed by atoms with Crippen molar-refractivity contribution in [3.8, 4) is 0 Å². The molecule has 2 rings (SSSR count). The Kier molecular flexibility index (Phi) is 6.42. The average Bonchev–Trinajstić information content (AvgIpc) is 2.53. The molecule has 0 aromatic heterocycles. The molecular weight excluding hydrogens is 348 g/mol. The van der Waals surface area contributed by atoms with Crippen molar-refractivity contribution in [1.82, 2.24) is 0 Å². The molecule has 0 atom stereocenters. The van der Waals surface area contributed by atoms with Crippen molar-refractivity contribution < 1.29 is 13.2 Å². The monoisotopic (exact) mass is 374 g/mol. The zero-order valence-electron chi connectivity index (χ0n) is 15.7. The summed E-state index contributed by atoms with van der Waals surface area (Å²) in [6.45, 7) is 6.09. The Hall–Kier alpha value is -2.34.